The van der Waals surface area contributed by atoms with Gasteiger partial charge in [0.15, 0.2) is 0 Å². The molecule has 0 saturated heterocycles. The number of hydrogen-bond acceptors (Lipinski definition) is 4. The van der Waals surface area contributed by atoms with Crippen molar-refractivity contribution < 1.29 is 19.2 Å². The predicted molar refractivity (Wildman–Crippen MR) is 87.6 cm³/mol. The number of unbranched alkanes of at least 4 members (excludes halogenated alkanes) is 3. The van der Waals surface area contributed by atoms with Crippen LogP contribution in [0.25, 0.3) is 0 Å². The van der Waals surface area contributed by atoms with Crippen LogP contribution in [0.5, 0.6) is 0 Å². The molecule has 0 fully saturated rings. The van der Waals surface area contributed by atoms with Crippen molar-refractivity contribution in [3.05, 3.63) is 12.2 Å². The highest BCUT2D eigenvalue weighted by molar-refractivity contribution is 6.13. The van der Waals surface area contributed by atoms with Crippen LogP contribution in [0.2, 0.25) is 0 Å². The van der Waals surface area contributed by atoms with Gasteiger partial charge in [-0.1, -0.05) is 33.6 Å². The second kappa shape index (κ2) is 8.75. The van der Waals surface area contributed by atoms with Crippen LogP contribution in [0.1, 0.15) is 65.7 Å². The second-order valence-electron chi connectivity index (χ2n) is 7.04. The molecule has 128 valence electrons. The van der Waals surface area contributed by atoms with E-state index in [0.29, 0.717) is 12.8 Å². The summed E-state index contributed by atoms with van der Waals surface area (Å²) in [5.74, 6) is -0.331. The molecule has 0 unspecified atom stereocenters. The standard InChI is InChI=1S/C18H27NO4/c1-18(2,3)15(21)9-7-5-4-6-8-14(20)12-13-19-16(22)10-11-17(19)23/h10-11H,4-9,12-13H2,1-3H3. The highest BCUT2D eigenvalue weighted by Crippen LogP contribution is 2.19. The van der Waals surface area contributed by atoms with Crippen molar-refractivity contribution >= 4 is 23.4 Å². The molecular formula is C18H27NO4. The fraction of sp³-hybridized carbons (Fsp3) is 0.667. The Morgan fingerprint density at radius 2 is 1.39 bits per heavy atom. The molecule has 0 aromatic heterocycles. The number of amides is 2. The lowest BCUT2D eigenvalue weighted by atomic mass is 9.88. The zero-order valence-corrected chi connectivity index (χ0v) is 14.4. The van der Waals surface area contributed by atoms with Crippen molar-refractivity contribution in [2.75, 3.05) is 6.54 Å². The van der Waals surface area contributed by atoms with E-state index in [9.17, 15) is 19.2 Å². The van der Waals surface area contributed by atoms with Crippen LogP contribution in [-0.4, -0.2) is 34.8 Å². The maximum atomic E-state index is 11.8. The quantitative estimate of drug-likeness (QED) is 0.458. The zero-order valence-electron chi connectivity index (χ0n) is 14.4. The van der Waals surface area contributed by atoms with Gasteiger partial charge in [0.25, 0.3) is 11.8 Å². The Balaban J connectivity index is 2.06. The van der Waals surface area contributed by atoms with Gasteiger partial charge < -0.3 is 0 Å². The minimum absolute atomic E-state index is 0.0725. The molecule has 0 aromatic carbocycles. The second-order valence-corrected chi connectivity index (χ2v) is 7.04. The molecule has 0 spiro atoms. The first-order valence-corrected chi connectivity index (χ1v) is 8.30. The summed E-state index contributed by atoms with van der Waals surface area (Å²) in [7, 11) is 0. The van der Waals surface area contributed by atoms with Crippen LogP contribution in [0.15, 0.2) is 12.2 Å². The van der Waals surface area contributed by atoms with E-state index in [1.54, 1.807) is 0 Å². The number of carbonyl (C=O) groups is 4. The molecule has 1 aliphatic heterocycles. The summed E-state index contributed by atoms with van der Waals surface area (Å²) in [4.78, 5) is 47.3. The lowest BCUT2D eigenvalue weighted by Crippen LogP contribution is -2.32. The molecule has 1 heterocycles. The minimum Gasteiger partial charge on any atom is -0.300 e. The number of hydrogen-bond donors (Lipinski definition) is 0. The smallest absolute Gasteiger partial charge is 0.253 e. The third kappa shape index (κ3) is 6.89. The van der Waals surface area contributed by atoms with Gasteiger partial charge in [-0.25, -0.2) is 0 Å². The summed E-state index contributed by atoms with van der Waals surface area (Å²) in [5.41, 5.74) is -0.269. The minimum atomic E-state index is -0.341. The van der Waals surface area contributed by atoms with Crippen LogP contribution in [0, 0.1) is 5.41 Å². The highest BCUT2D eigenvalue weighted by Gasteiger charge is 2.23. The highest BCUT2D eigenvalue weighted by atomic mass is 16.2. The van der Waals surface area contributed by atoms with Gasteiger partial charge in [0.1, 0.15) is 11.6 Å². The van der Waals surface area contributed by atoms with Crippen molar-refractivity contribution in [2.24, 2.45) is 5.41 Å². The third-order valence-electron chi connectivity index (χ3n) is 3.96. The van der Waals surface area contributed by atoms with E-state index in [1.807, 2.05) is 20.8 Å². The van der Waals surface area contributed by atoms with E-state index in [2.05, 4.69) is 0 Å². The number of rotatable bonds is 10. The van der Waals surface area contributed by atoms with E-state index >= 15 is 0 Å². The number of ketones is 2. The van der Waals surface area contributed by atoms with Gasteiger partial charge in [-0.05, 0) is 12.8 Å². The molecule has 0 atom stereocenters. The number of Topliss-reactive ketones (excluding diaryl/α,β-unsaturated/α-hetero) is 2. The maximum absolute atomic E-state index is 11.8. The van der Waals surface area contributed by atoms with Gasteiger partial charge in [-0.2, -0.15) is 0 Å². The summed E-state index contributed by atoms with van der Waals surface area (Å²) in [5, 5.41) is 0. The Morgan fingerprint density at radius 3 is 1.91 bits per heavy atom. The molecule has 0 N–H and O–H groups in total. The molecule has 2 amide bonds. The molecule has 0 radical (unpaired) electrons. The maximum Gasteiger partial charge on any atom is 0.253 e. The number of nitrogens with zero attached hydrogens (tertiary/aromatic N) is 1. The number of imide groups is 1. The van der Waals surface area contributed by atoms with Crippen molar-refractivity contribution in [3.8, 4) is 0 Å². The van der Waals surface area contributed by atoms with Crippen LogP contribution in [0.3, 0.4) is 0 Å². The van der Waals surface area contributed by atoms with E-state index in [0.717, 1.165) is 30.6 Å². The fourth-order valence-corrected chi connectivity index (χ4v) is 2.35. The van der Waals surface area contributed by atoms with Crippen LogP contribution in [0.4, 0.5) is 0 Å². The average molecular weight is 321 g/mol. The topological polar surface area (TPSA) is 71.5 Å². The molecule has 1 rings (SSSR count). The van der Waals surface area contributed by atoms with Crippen LogP contribution >= 0.6 is 0 Å². The lowest BCUT2D eigenvalue weighted by molar-refractivity contribution is -0.137. The molecule has 0 bridgehead atoms. The van der Waals surface area contributed by atoms with E-state index in [-0.39, 0.29) is 41.8 Å². The molecule has 5 heteroatoms. The van der Waals surface area contributed by atoms with Crippen LogP contribution in [-0.2, 0) is 19.2 Å². The normalized spacial score (nSPS) is 14.7. The average Bonchev–Trinajstić information content (AvgIpc) is 2.78. The molecule has 0 aliphatic carbocycles. The summed E-state index contributed by atoms with van der Waals surface area (Å²) < 4.78 is 0. The largest absolute Gasteiger partial charge is 0.300 e. The third-order valence-corrected chi connectivity index (χ3v) is 3.96. The molecule has 0 saturated carbocycles. The Morgan fingerprint density at radius 1 is 0.870 bits per heavy atom. The first-order valence-electron chi connectivity index (χ1n) is 8.30. The van der Waals surface area contributed by atoms with Crippen molar-refractivity contribution in [2.45, 2.75) is 65.7 Å². The van der Waals surface area contributed by atoms with Crippen molar-refractivity contribution in [1.82, 2.24) is 4.90 Å². The molecule has 0 aromatic rings. The van der Waals surface area contributed by atoms with Gasteiger partial charge >= 0.3 is 0 Å². The Bertz CT molecular complexity index is 482. The molecule has 23 heavy (non-hydrogen) atoms. The first-order chi connectivity index (χ1) is 10.7. The summed E-state index contributed by atoms with van der Waals surface area (Å²) in [6.07, 6.45) is 7.28. The first kappa shape index (κ1) is 19.3. The Hall–Kier alpha value is -1.78. The predicted octanol–water partition coefficient (Wildman–Crippen LogP) is 2.83. The molecular weight excluding hydrogens is 294 g/mol. The summed E-state index contributed by atoms with van der Waals surface area (Å²) in [6.45, 7) is 5.96. The van der Waals surface area contributed by atoms with Crippen molar-refractivity contribution in [3.63, 3.8) is 0 Å². The number of carbonyl (C=O) groups excluding carboxylic acids is 4. The van der Waals surface area contributed by atoms with Gasteiger partial charge in [0.05, 0.1) is 0 Å². The molecule has 1 aliphatic rings. The zero-order chi connectivity index (χ0) is 17.5. The monoisotopic (exact) mass is 321 g/mol. The van der Waals surface area contributed by atoms with E-state index in [4.69, 9.17) is 0 Å². The molecule has 5 nitrogen and oxygen atoms in total. The fourth-order valence-electron chi connectivity index (χ4n) is 2.35. The Kier molecular flexibility index (Phi) is 7.33. The van der Waals surface area contributed by atoms with Gasteiger partial charge in [0, 0.05) is 43.4 Å². The Labute approximate surface area is 138 Å². The van der Waals surface area contributed by atoms with Crippen LogP contribution < -0.4 is 0 Å². The lowest BCUT2D eigenvalue weighted by Gasteiger charge is -2.16. The summed E-state index contributed by atoms with van der Waals surface area (Å²) >= 11 is 0. The van der Waals surface area contributed by atoms with Crippen molar-refractivity contribution in [1.29, 1.82) is 0 Å². The summed E-state index contributed by atoms with van der Waals surface area (Å²) in [6, 6.07) is 0. The van der Waals surface area contributed by atoms with Gasteiger partial charge in [-0.3, -0.25) is 24.1 Å². The van der Waals surface area contributed by atoms with E-state index in [1.165, 1.54) is 12.2 Å². The SMILES string of the molecule is CC(C)(C)C(=O)CCCCCCC(=O)CCN1C(=O)C=CC1=O. The van der Waals surface area contributed by atoms with E-state index < -0.39 is 0 Å². The van der Waals surface area contributed by atoms with Gasteiger partial charge in [-0.15, -0.1) is 0 Å². The van der Waals surface area contributed by atoms with Gasteiger partial charge in [0.2, 0.25) is 0 Å².